The SMILES string of the molecule is CCNC(=NCCc1cccs1)NC1CCN(c2ncccc2Cl)C1. The zero-order chi connectivity index (χ0) is 17.5. The predicted octanol–water partition coefficient (Wildman–Crippen LogP) is 3.17. The fourth-order valence-electron chi connectivity index (χ4n) is 2.93. The molecule has 2 aromatic rings. The van der Waals surface area contributed by atoms with Gasteiger partial charge in [-0.05, 0) is 36.9 Å². The Bertz CT molecular complexity index is 689. The van der Waals surface area contributed by atoms with E-state index < -0.39 is 0 Å². The monoisotopic (exact) mass is 377 g/mol. The van der Waals surface area contributed by atoms with Crippen molar-refractivity contribution in [3.63, 3.8) is 0 Å². The van der Waals surface area contributed by atoms with Crippen LogP contribution in [0.2, 0.25) is 5.02 Å². The highest BCUT2D eigenvalue weighted by molar-refractivity contribution is 7.09. The molecule has 1 fully saturated rings. The number of rotatable bonds is 6. The molecule has 25 heavy (non-hydrogen) atoms. The number of aliphatic imine (C=N–C) groups is 1. The molecule has 0 amide bonds. The van der Waals surface area contributed by atoms with Crippen LogP contribution in [0.25, 0.3) is 0 Å². The molecule has 0 aliphatic carbocycles. The van der Waals surface area contributed by atoms with Gasteiger partial charge in [0, 0.05) is 49.7 Å². The smallest absolute Gasteiger partial charge is 0.191 e. The summed E-state index contributed by atoms with van der Waals surface area (Å²) >= 11 is 8.05. The van der Waals surface area contributed by atoms with E-state index in [2.05, 4.69) is 45.0 Å². The topological polar surface area (TPSA) is 52.6 Å². The Morgan fingerprint density at radius 3 is 3.12 bits per heavy atom. The molecule has 134 valence electrons. The number of hydrogen-bond donors (Lipinski definition) is 2. The molecule has 5 nitrogen and oxygen atoms in total. The number of pyridine rings is 1. The summed E-state index contributed by atoms with van der Waals surface area (Å²) in [7, 11) is 0. The van der Waals surface area contributed by atoms with Crippen LogP contribution < -0.4 is 15.5 Å². The van der Waals surface area contributed by atoms with Crippen LogP contribution in [0.1, 0.15) is 18.2 Å². The largest absolute Gasteiger partial charge is 0.357 e. The van der Waals surface area contributed by atoms with Gasteiger partial charge in [0.15, 0.2) is 5.96 Å². The molecule has 1 saturated heterocycles. The van der Waals surface area contributed by atoms with E-state index in [4.69, 9.17) is 16.6 Å². The van der Waals surface area contributed by atoms with E-state index in [9.17, 15) is 0 Å². The maximum atomic E-state index is 6.27. The molecule has 0 aromatic carbocycles. The Morgan fingerprint density at radius 2 is 2.36 bits per heavy atom. The number of nitrogens with zero attached hydrogens (tertiary/aromatic N) is 3. The van der Waals surface area contributed by atoms with Crippen molar-refractivity contribution in [3.8, 4) is 0 Å². The summed E-state index contributed by atoms with van der Waals surface area (Å²) in [4.78, 5) is 12.7. The first kappa shape index (κ1) is 18.0. The summed E-state index contributed by atoms with van der Waals surface area (Å²) in [6.45, 7) is 5.56. The second kappa shape index (κ2) is 9.06. The highest BCUT2D eigenvalue weighted by atomic mass is 35.5. The van der Waals surface area contributed by atoms with Crippen LogP contribution in [0.5, 0.6) is 0 Å². The summed E-state index contributed by atoms with van der Waals surface area (Å²) in [5.74, 6) is 1.76. The first-order chi connectivity index (χ1) is 12.3. The van der Waals surface area contributed by atoms with Gasteiger partial charge in [-0.3, -0.25) is 4.99 Å². The van der Waals surface area contributed by atoms with E-state index in [1.807, 2.05) is 12.1 Å². The summed E-state index contributed by atoms with van der Waals surface area (Å²) in [5, 5.41) is 9.70. The summed E-state index contributed by atoms with van der Waals surface area (Å²) in [6.07, 6.45) is 3.81. The molecular formula is C18H24ClN5S. The van der Waals surface area contributed by atoms with Gasteiger partial charge in [0.05, 0.1) is 5.02 Å². The second-order valence-electron chi connectivity index (χ2n) is 5.97. The summed E-state index contributed by atoms with van der Waals surface area (Å²) < 4.78 is 0. The Kier molecular flexibility index (Phi) is 6.53. The van der Waals surface area contributed by atoms with Crippen LogP contribution in [-0.4, -0.2) is 43.2 Å². The molecule has 1 atom stereocenters. The van der Waals surface area contributed by atoms with E-state index in [0.717, 1.165) is 50.8 Å². The van der Waals surface area contributed by atoms with Gasteiger partial charge >= 0.3 is 0 Å². The van der Waals surface area contributed by atoms with Crippen molar-refractivity contribution in [1.29, 1.82) is 0 Å². The number of nitrogens with one attached hydrogen (secondary N) is 2. The maximum Gasteiger partial charge on any atom is 0.191 e. The molecule has 1 aliphatic heterocycles. The lowest BCUT2D eigenvalue weighted by Crippen LogP contribution is -2.44. The van der Waals surface area contributed by atoms with Gasteiger partial charge in [0.1, 0.15) is 5.82 Å². The van der Waals surface area contributed by atoms with E-state index in [1.54, 1.807) is 17.5 Å². The number of aromatic nitrogens is 1. The number of guanidine groups is 1. The standard InChI is InChI=1S/C18H24ClN5S/c1-2-20-18(22-10-7-15-5-4-12-25-15)23-14-8-11-24(13-14)17-16(19)6-3-9-21-17/h3-6,9,12,14H,2,7-8,10-11,13H2,1H3,(H2,20,22,23). The van der Waals surface area contributed by atoms with Crippen molar-refractivity contribution < 1.29 is 0 Å². The lowest BCUT2D eigenvalue weighted by molar-refractivity contribution is 0.649. The van der Waals surface area contributed by atoms with E-state index >= 15 is 0 Å². The summed E-state index contributed by atoms with van der Waals surface area (Å²) in [6, 6.07) is 8.34. The first-order valence-corrected chi connectivity index (χ1v) is 9.94. The molecule has 3 rings (SSSR count). The van der Waals surface area contributed by atoms with Gasteiger partial charge in [0.2, 0.25) is 0 Å². The second-order valence-corrected chi connectivity index (χ2v) is 7.41. The number of thiophene rings is 1. The third kappa shape index (κ3) is 5.09. The molecule has 0 spiro atoms. The van der Waals surface area contributed by atoms with Gasteiger partial charge in [0.25, 0.3) is 0 Å². The van der Waals surface area contributed by atoms with Crippen LogP contribution in [0.3, 0.4) is 0 Å². The minimum absolute atomic E-state index is 0.345. The lowest BCUT2D eigenvalue weighted by atomic mass is 10.3. The Morgan fingerprint density at radius 1 is 1.44 bits per heavy atom. The normalized spacial score (nSPS) is 17.8. The van der Waals surface area contributed by atoms with Crippen molar-refractivity contribution in [3.05, 3.63) is 45.7 Å². The van der Waals surface area contributed by atoms with Gasteiger partial charge < -0.3 is 15.5 Å². The minimum Gasteiger partial charge on any atom is -0.357 e. The molecule has 2 N–H and O–H groups in total. The Labute approximate surface area is 158 Å². The molecule has 0 radical (unpaired) electrons. The van der Waals surface area contributed by atoms with Crippen molar-refractivity contribution >= 4 is 34.7 Å². The van der Waals surface area contributed by atoms with E-state index in [-0.39, 0.29) is 0 Å². The van der Waals surface area contributed by atoms with Gasteiger partial charge in [-0.2, -0.15) is 0 Å². The summed E-state index contributed by atoms with van der Waals surface area (Å²) in [5.41, 5.74) is 0. The average molecular weight is 378 g/mol. The zero-order valence-electron chi connectivity index (χ0n) is 14.4. The highest BCUT2D eigenvalue weighted by Gasteiger charge is 2.25. The molecule has 3 heterocycles. The Balaban J connectivity index is 1.54. The van der Waals surface area contributed by atoms with Crippen LogP contribution in [-0.2, 0) is 6.42 Å². The van der Waals surface area contributed by atoms with Crippen LogP contribution in [0.4, 0.5) is 5.82 Å². The molecule has 2 aromatic heterocycles. The Hall–Kier alpha value is -1.79. The van der Waals surface area contributed by atoms with Gasteiger partial charge in [-0.25, -0.2) is 4.98 Å². The quantitative estimate of drug-likeness (QED) is 0.599. The average Bonchev–Trinajstić information content (AvgIpc) is 3.27. The molecule has 7 heteroatoms. The third-order valence-electron chi connectivity index (χ3n) is 4.12. The van der Waals surface area contributed by atoms with Gasteiger partial charge in [-0.15, -0.1) is 11.3 Å². The third-order valence-corrected chi connectivity index (χ3v) is 5.35. The number of hydrogen-bond acceptors (Lipinski definition) is 4. The highest BCUT2D eigenvalue weighted by Crippen LogP contribution is 2.25. The fraction of sp³-hybridized carbons (Fsp3) is 0.444. The molecule has 1 aliphatic rings. The minimum atomic E-state index is 0.345. The van der Waals surface area contributed by atoms with Crippen molar-refractivity contribution in [2.45, 2.75) is 25.8 Å². The predicted molar refractivity (Wildman–Crippen MR) is 107 cm³/mol. The van der Waals surface area contributed by atoms with E-state index in [1.165, 1.54) is 4.88 Å². The van der Waals surface area contributed by atoms with E-state index in [0.29, 0.717) is 11.1 Å². The van der Waals surface area contributed by atoms with Crippen molar-refractivity contribution in [2.75, 3.05) is 31.1 Å². The fourth-order valence-corrected chi connectivity index (χ4v) is 3.87. The number of anilines is 1. The maximum absolute atomic E-state index is 6.27. The molecular weight excluding hydrogens is 354 g/mol. The van der Waals surface area contributed by atoms with Crippen LogP contribution in [0, 0.1) is 0 Å². The number of halogens is 1. The lowest BCUT2D eigenvalue weighted by Gasteiger charge is -2.20. The first-order valence-electron chi connectivity index (χ1n) is 8.69. The molecule has 1 unspecified atom stereocenters. The van der Waals surface area contributed by atoms with Crippen molar-refractivity contribution in [2.24, 2.45) is 4.99 Å². The molecule has 0 bridgehead atoms. The van der Waals surface area contributed by atoms with Crippen LogP contribution >= 0.6 is 22.9 Å². The molecule has 0 saturated carbocycles. The zero-order valence-corrected chi connectivity index (χ0v) is 16.0. The van der Waals surface area contributed by atoms with Crippen LogP contribution in [0.15, 0.2) is 40.8 Å². The van der Waals surface area contributed by atoms with Gasteiger partial charge in [-0.1, -0.05) is 17.7 Å². The van der Waals surface area contributed by atoms with Crippen molar-refractivity contribution in [1.82, 2.24) is 15.6 Å².